The molecule has 0 aliphatic heterocycles. The van der Waals surface area contributed by atoms with E-state index < -0.39 is 0 Å². The molecule has 0 aliphatic rings. The first kappa shape index (κ1) is 16.7. The van der Waals surface area contributed by atoms with Gasteiger partial charge in [-0.3, -0.25) is 9.48 Å². The molecule has 0 saturated heterocycles. The standard InChI is InChI=1S/C17H21N3O3/c1-3-10-23-17(22)14-4-6-15(7-5-14)19-16(21)8-9-20-12-13(2)11-18-20/h4-7,11-12H,3,8-10H2,1-2H3,(H,19,21). The van der Waals surface area contributed by atoms with Gasteiger partial charge in [0.25, 0.3) is 0 Å². The average molecular weight is 315 g/mol. The van der Waals surface area contributed by atoms with Gasteiger partial charge >= 0.3 is 5.97 Å². The van der Waals surface area contributed by atoms with Crippen LogP contribution >= 0.6 is 0 Å². The molecule has 6 heteroatoms. The van der Waals surface area contributed by atoms with Crippen molar-refractivity contribution in [2.45, 2.75) is 33.2 Å². The number of nitrogens with zero attached hydrogens (tertiary/aromatic N) is 2. The quantitative estimate of drug-likeness (QED) is 0.797. The molecule has 0 bridgehead atoms. The van der Waals surface area contributed by atoms with Crippen molar-refractivity contribution in [2.75, 3.05) is 11.9 Å². The maximum atomic E-state index is 11.9. The Morgan fingerprint density at radius 1 is 1.26 bits per heavy atom. The Bertz CT molecular complexity index is 662. The first-order valence-corrected chi connectivity index (χ1v) is 7.64. The average Bonchev–Trinajstić information content (AvgIpc) is 2.97. The van der Waals surface area contributed by atoms with E-state index in [1.807, 2.05) is 20.0 Å². The summed E-state index contributed by atoms with van der Waals surface area (Å²) < 4.78 is 6.79. The van der Waals surface area contributed by atoms with Crippen LogP contribution in [0.4, 0.5) is 5.69 Å². The summed E-state index contributed by atoms with van der Waals surface area (Å²) in [5, 5.41) is 6.93. The Morgan fingerprint density at radius 2 is 2.00 bits per heavy atom. The maximum absolute atomic E-state index is 11.9. The number of anilines is 1. The van der Waals surface area contributed by atoms with Crippen LogP contribution in [0, 0.1) is 6.92 Å². The van der Waals surface area contributed by atoms with Crippen molar-refractivity contribution in [1.82, 2.24) is 9.78 Å². The molecule has 1 aromatic carbocycles. The molecule has 0 saturated carbocycles. The second-order valence-corrected chi connectivity index (χ2v) is 5.29. The van der Waals surface area contributed by atoms with Gasteiger partial charge in [0.1, 0.15) is 0 Å². The molecule has 0 radical (unpaired) electrons. The molecule has 6 nitrogen and oxygen atoms in total. The third-order valence-corrected chi connectivity index (χ3v) is 3.17. The fourth-order valence-corrected chi connectivity index (χ4v) is 2.00. The first-order valence-electron chi connectivity index (χ1n) is 7.64. The molecule has 122 valence electrons. The Hall–Kier alpha value is -2.63. The number of hydrogen-bond donors (Lipinski definition) is 1. The zero-order chi connectivity index (χ0) is 16.7. The Kier molecular flexibility index (Phi) is 5.91. The zero-order valence-electron chi connectivity index (χ0n) is 13.4. The van der Waals surface area contributed by atoms with Crippen molar-refractivity contribution in [3.8, 4) is 0 Å². The third kappa shape index (κ3) is 5.25. The summed E-state index contributed by atoms with van der Waals surface area (Å²) in [6.45, 7) is 4.83. The highest BCUT2D eigenvalue weighted by atomic mass is 16.5. The summed E-state index contributed by atoms with van der Waals surface area (Å²) in [5.74, 6) is -0.446. The summed E-state index contributed by atoms with van der Waals surface area (Å²) in [6.07, 6.45) is 4.77. The lowest BCUT2D eigenvalue weighted by atomic mass is 10.2. The van der Waals surface area contributed by atoms with Gasteiger partial charge < -0.3 is 10.1 Å². The van der Waals surface area contributed by atoms with Crippen LogP contribution in [0.1, 0.15) is 35.7 Å². The van der Waals surface area contributed by atoms with Crippen molar-refractivity contribution < 1.29 is 14.3 Å². The minimum absolute atomic E-state index is 0.0977. The predicted octanol–water partition coefficient (Wildman–Crippen LogP) is 2.79. The van der Waals surface area contributed by atoms with E-state index in [2.05, 4.69) is 10.4 Å². The van der Waals surface area contributed by atoms with E-state index in [4.69, 9.17) is 4.74 Å². The molecule has 2 aromatic rings. The van der Waals surface area contributed by atoms with Crippen LogP contribution in [-0.4, -0.2) is 28.3 Å². The highest BCUT2D eigenvalue weighted by Gasteiger charge is 2.08. The second-order valence-electron chi connectivity index (χ2n) is 5.29. The molecule has 0 unspecified atom stereocenters. The van der Waals surface area contributed by atoms with Gasteiger partial charge in [0.2, 0.25) is 5.91 Å². The minimum Gasteiger partial charge on any atom is -0.462 e. The SMILES string of the molecule is CCCOC(=O)c1ccc(NC(=O)CCn2cc(C)cn2)cc1. The number of ether oxygens (including phenoxy) is 1. The number of aryl methyl sites for hydroxylation is 2. The van der Waals surface area contributed by atoms with Crippen LogP contribution in [0.3, 0.4) is 0 Å². The van der Waals surface area contributed by atoms with Gasteiger partial charge in [0.05, 0.1) is 18.4 Å². The van der Waals surface area contributed by atoms with E-state index >= 15 is 0 Å². The van der Waals surface area contributed by atoms with E-state index in [-0.39, 0.29) is 11.9 Å². The van der Waals surface area contributed by atoms with Crippen molar-refractivity contribution >= 4 is 17.6 Å². The summed E-state index contributed by atoms with van der Waals surface area (Å²) in [4.78, 5) is 23.6. The number of amides is 1. The summed E-state index contributed by atoms with van der Waals surface area (Å²) in [5.41, 5.74) is 2.19. The molecule has 1 N–H and O–H groups in total. The summed E-state index contributed by atoms with van der Waals surface area (Å²) in [7, 11) is 0. The van der Waals surface area contributed by atoms with Gasteiger partial charge in [-0.2, -0.15) is 5.10 Å². The normalized spacial score (nSPS) is 10.3. The minimum atomic E-state index is -0.348. The summed E-state index contributed by atoms with van der Waals surface area (Å²) >= 11 is 0. The van der Waals surface area contributed by atoms with E-state index in [1.54, 1.807) is 35.1 Å². The molecule has 1 aromatic heterocycles. The number of esters is 1. The van der Waals surface area contributed by atoms with Crippen molar-refractivity contribution in [2.24, 2.45) is 0 Å². The van der Waals surface area contributed by atoms with Gasteiger partial charge in [-0.15, -0.1) is 0 Å². The van der Waals surface area contributed by atoms with Crippen molar-refractivity contribution in [3.05, 3.63) is 47.8 Å². The van der Waals surface area contributed by atoms with Crippen LogP contribution in [0.15, 0.2) is 36.7 Å². The molecule has 23 heavy (non-hydrogen) atoms. The topological polar surface area (TPSA) is 73.2 Å². The Morgan fingerprint density at radius 3 is 2.61 bits per heavy atom. The monoisotopic (exact) mass is 315 g/mol. The van der Waals surface area contributed by atoms with Gasteiger partial charge in [0, 0.05) is 24.8 Å². The van der Waals surface area contributed by atoms with Crippen LogP contribution in [0.2, 0.25) is 0 Å². The molecule has 0 fully saturated rings. The molecule has 2 rings (SSSR count). The molecular weight excluding hydrogens is 294 g/mol. The lowest BCUT2D eigenvalue weighted by Crippen LogP contribution is -2.15. The lowest BCUT2D eigenvalue weighted by molar-refractivity contribution is -0.116. The van der Waals surface area contributed by atoms with Gasteiger partial charge in [-0.25, -0.2) is 4.79 Å². The number of rotatable bonds is 7. The molecule has 0 atom stereocenters. The molecule has 1 heterocycles. The van der Waals surface area contributed by atoms with Crippen LogP contribution in [0.5, 0.6) is 0 Å². The van der Waals surface area contributed by atoms with Crippen molar-refractivity contribution in [1.29, 1.82) is 0 Å². The number of nitrogens with one attached hydrogen (secondary N) is 1. The van der Waals surface area contributed by atoms with E-state index in [1.165, 1.54) is 0 Å². The molecule has 0 aliphatic carbocycles. The number of aromatic nitrogens is 2. The van der Waals surface area contributed by atoms with Gasteiger partial charge in [-0.05, 0) is 43.2 Å². The van der Waals surface area contributed by atoms with Crippen LogP contribution in [0.25, 0.3) is 0 Å². The van der Waals surface area contributed by atoms with Crippen LogP contribution < -0.4 is 5.32 Å². The van der Waals surface area contributed by atoms with Crippen LogP contribution in [-0.2, 0) is 16.1 Å². The number of hydrogen-bond acceptors (Lipinski definition) is 4. The molecule has 0 spiro atoms. The smallest absolute Gasteiger partial charge is 0.338 e. The maximum Gasteiger partial charge on any atom is 0.338 e. The van der Waals surface area contributed by atoms with Gasteiger partial charge in [0.15, 0.2) is 0 Å². The van der Waals surface area contributed by atoms with E-state index in [0.717, 1.165) is 12.0 Å². The van der Waals surface area contributed by atoms with E-state index in [0.29, 0.717) is 30.8 Å². The van der Waals surface area contributed by atoms with Gasteiger partial charge in [-0.1, -0.05) is 6.92 Å². The zero-order valence-corrected chi connectivity index (χ0v) is 13.4. The Labute approximate surface area is 135 Å². The fraction of sp³-hybridized carbons (Fsp3) is 0.353. The third-order valence-electron chi connectivity index (χ3n) is 3.17. The molecule has 1 amide bonds. The number of carbonyl (C=O) groups is 2. The highest BCUT2D eigenvalue weighted by molar-refractivity contribution is 5.93. The second kappa shape index (κ2) is 8.12. The first-order chi connectivity index (χ1) is 11.1. The van der Waals surface area contributed by atoms with E-state index in [9.17, 15) is 9.59 Å². The Balaban J connectivity index is 1.82. The molecular formula is C17H21N3O3. The summed E-state index contributed by atoms with van der Waals surface area (Å²) in [6, 6.07) is 6.67. The number of benzene rings is 1. The fourth-order valence-electron chi connectivity index (χ4n) is 2.00. The largest absolute Gasteiger partial charge is 0.462 e. The lowest BCUT2D eigenvalue weighted by Gasteiger charge is -2.07. The predicted molar refractivity (Wildman–Crippen MR) is 87.2 cm³/mol. The highest BCUT2D eigenvalue weighted by Crippen LogP contribution is 2.11. The number of carbonyl (C=O) groups excluding carboxylic acids is 2. The van der Waals surface area contributed by atoms with Crippen molar-refractivity contribution in [3.63, 3.8) is 0 Å².